The molecule has 88 valence electrons. The summed E-state index contributed by atoms with van der Waals surface area (Å²) in [5.41, 5.74) is 0.725. The summed E-state index contributed by atoms with van der Waals surface area (Å²) < 4.78 is 0. The summed E-state index contributed by atoms with van der Waals surface area (Å²) >= 11 is 0. The summed E-state index contributed by atoms with van der Waals surface area (Å²) in [5, 5.41) is 28.4. The molecule has 0 radical (unpaired) electrons. The molecular weight excluding hydrogens is 210 g/mol. The Bertz CT molecular complexity index is 348. The van der Waals surface area contributed by atoms with Crippen molar-refractivity contribution in [2.45, 2.75) is 0 Å². The fourth-order valence-corrected chi connectivity index (χ4v) is 1.44. The van der Waals surface area contributed by atoms with Gasteiger partial charge in [-0.3, -0.25) is 0 Å². The predicted molar refractivity (Wildman–Crippen MR) is 57.2 cm³/mol. The maximum Gasteiger partial charge on any atom is 0.0716 e. The summed E-state index contributed by atoms with van der Waals surface area (Å²) in [4.78, 5) is 12.4. The van der Waals surface area contributed by atoms with Crippen molar-refractivity contribution in [2.24, 2.45) is 0 Å². The molecule has 2 N–H and O–H groups in total. The van der Waals surface area contributed by atoms with Crippen LogP contribution in [0.1, 0.15) is 10.4 Å². The second-order valence-electron chi connectivity index (χ2n) is 3.27. The number of nitrogens with zero attached hydrogens (tertiary/aromatic N) is 1. The van der Waals surface area contributed by atoms with Gasteiger partial charge >= 0.3 is 0 Å². The van der Waals surface area contributed by atoms with Crippen LogP contribution in [-0.2, 0) is 0 Å². The van der Waals surface area contributed by atoms with Crippen LogP contribution in [0, 0.1) is 0 Å². The van der Waals surface area contributed by atoms with Crippen molar-refractivity contribution < 1.29 is 20.1 Å². The number of carbonyl (C=O) groups is 1. The van der Waals surface area contributed by atoms with E-state index in [1.165, 1.54) is 12.1 Å². The molecule has 1 aromatic carbocycles. The van der Waals surface area contributed by atoms with Crippen LogP contribution >= 0.6 is 0 Å². The van der Waals surface area contributed by atoms with Crippen LogP contribution < -0.4 is 10.0 Å². The summed E-state index contributed by atoms with van der Waals surface area (Å²) in [6.45, 7) is 0.569. The third-order valence-electron chi connectivity index (χ3n) is 2.19. The van der Waals surface area contributed by atoms with E-state index >= 15 is 0 Å². The monoisotopic (exact) mass is 224 g/mol. The standard InChI is InChI=1S/C11H15NO4/c13-6-4-12(5-7-14)10-3-1-2-9(8-10)11(15)16/h1-3,8,13-14H,4-7H2,(H,15,16)/p-1. The third kappa shape index (κ3) is 3.22. The van der Waals surface area contributed by atoms with Gasteiger partial charge in [0.2, 0.25) is 0 Å². The minimum absolute atomic E-state index is 0.0600. The topological polar surface area (TPSA) is 83.8 Å². The number of hydrogen-bond acceptors (Lipinski definition) is 5. The highest BCUT2D eigenvalue weighted by atomic mass is 16.4. The minimum atomic E-state index is -1.24. The van der Waals surface area contributed by atoms with E-state index in [-0.39, 0.29) is 18.8 Å². The fourth-order valence-electron chi connectivity index (χ4n) is 1.44. The number of aliphatic hydroxyl groups excluding tert-OH is 2. The van der Waals surface area contributed by atoms with E-state index in [9.17, 15) is 9.90 Å². The van der Waals surface area contributed by atoms with Crippen LogP contribution in [0.4, 0.5) is 5.69 Å². The zero-order chi connectivity index (χ0) is 12.0. The molecule has 0 aromatic heterocycles. The first-order valence-electron chi connectivity index (χ1n) is 4.97. The molecule has 0 saturated carbocycles. The Morgan fingerprint density at radius 2 is 1.88 bits per heavy atom. The number of hydrogen-bond donors (Lipinski definition) is 2. The van der Waals surface area contributed by atoms with Gasteiger partial charge in [-0.05, 0) is 17.7 Å². The second-order valence-corrected chi connectivity index (χ2v) is 3.27. The molecule has 0 aliphatic carbocycles. The lowest BCUT2D eigenvalue weighted by Gasteiger charge is -2.23. The number of carboxylic acids is 1. The lowest BCUT2D eigenvalue weighted by molar-refractivity contribution is -0.255. The van der Waals surface area contributed by atoms with E-state index in [1.54, 1.807) is 17.0 Å². The largest absolute Gasteiger partial charge is 0.545 e. The first-order chi connectivity index (χ1) is 7.69. The number of carboxylic acid groups (broad SMARTS) is 1. The Balaban J connectivity index is 2.90. The highest BCUT2D eigenvalue weighted by molar-refractivity contribution is 5.87. The van der Waals surface area contributed by atoms with Crippen LogP contribution in [0.5, 0.6) is 0 Å². The molecule has 1 aromatic rings. The summed E-state index contributed by atoms with van der Waals surface area (Å²) in [6, 6.07) is 6.22. The molecule has 0 spiro atoms. The van der Waals surface area contributed by atoms with Gasteiger partial charge < -0.3 is 25.0 Å². The first kappa shape index (κ1) is 12.5. The van der Waals surface area contributed by atoms with Crippen molar-refractivity contribution in [3.05, 3.63) is 29.8 Å². The average molecular weight is 224 g/mol. The van der Waals surface area contributed by atoms with Gasteiger partial charge in [0.25, 0.3) is 0 Å². The Morgan fingerprint density at radius 1 is 1.25 bits per heavy atom. The van der Waals surface area contributed by atoms with Gasteiger partial charge in [0, 0.05) is 18.8 Å². The third-order valence-corrected chi connectivity index (χ3v) is 2.19. The zero-order valence-corrected chi connectivity index (χ0v) is 8.80. The van der Waals surface area contributed by atoms with Crippen LogP contribution in [0.2, 0.25) is 0 Å². The summed E-state index contributed by atoms with van der Waals surface area (Å²) in [7, 11) is 0. The fraction of sp³-hybridized carbons (Fsp3) is 0.364. The molecule has 0 aliphatic heterocycles. The van der Waals surface area contributed by atoms with Gasteiger partial charge in [0.1, 0.15) is 0 Å². The average Bonchev–Trinajstić information content (AvgIpc) is 2.29. The number of benzene rings is 1. The quantitative estimate of drug-likeness (QED) is 0.637. The molecule has 5 nitrogen and oxygen atoms in total. The SMILES string of the molecule is O=C([O-])c1cccc(N(CCO)CCO)c1. The lowest BCUT2D eigenvalue weighted by Crippen LogP contribution is -2.30. The van der Waals surface area contributed by atoms with Crippen LogP contribution in [0.15, 0.2) is 24.3 Å². The molecule has 0 atom stereocenters. The molecule has 0 bridgehead atoms. The van der Waals surface area contributed by atoms with Crippen LogP contribution in [0.3, 0.4) is 0 Å². The van der Waals surface area contributed by atoms with Crippen molar-refractivity contribution in [3.63, 3.8) is 0 Å². The van der Waals surface area contributed by atoms with Crippen molar-refractivity contribution in [1.29, 1.82) is 0 Å². The highest BCUT2D eigenvalue weighted by Crippen LogP contribution is 2.15. The number of carbonyl (C=O) groups excluding carboxylic acids is 1. The smallest absolute Gasteiger partial charge is 0.0716 e. The van der Waals surface area contributed by atoms with Crippen molar-refractivity contribution >= 4 is 11.7 Å². The summed E-state index contributed by atoms with van der Waals surface area (Å²) in [6.07, 6.45) is 0. The Hall–Kier alpha value is -1.59. The van der Waals surface area contributed by atoms with Gasteiger partial charge in [0.15, 0.2) is 0 Å². The maximum atomic E-state index is 10.7. The Morgan fingerprint density at radius 3 is 2.38 bits per heavy atom. The van der Waals surface area contributed by atoms with E-state index in [2.05, 4.69) is 0 Å². The van der Waals surface area contributed by atoms with Crippen molar-refractivity contribution in [2.75, 3.05) is 31.2 Å². The minimum Gasteiger partial charge on any atom is -0.545 e. The molecule has 0 saturated heterocycles. The second kappa shape index (κ2) is 6.09. The highest BCUT2D eigenvalue weighted by Gasteiger charge is 2.05. The predicted octanol–water partition coefficient (Wildman–Crippen LogP) is -1.16. The number of aliphatic hydroxyl groups is 2. The summed E-state index contributed by atoms with van der Waals surface area (Å²) in [5.74, 6) is -1.24. The molecule has 1 rings (SSSR count). The number of aromatic carboxylic acids is 1. The van der Waals surface area contributed by atoms with E-state index in [0.29, 0.717) is 18.8 Å². The lowest BCUT2D eigenvalue weighted by atomic mass is 10.2. The molecule has 16 heavy (non-hydrogen) atoms. The number of anilines is 1. The van der Waals surface area contributed by atoms with Gasteiger partial charge in [-0.15, -0.1) is 0 Å². The van der Waals surface area contributed by atoms with Gasteiger partial charge in [-0.2, -0.15) is 0 Å². The van der Waals surface area contributed by atoms with E-state index < -0.39 is 5.97 Å². The molecule has 0 unspecified atom stereocenters. The Labute approximate surface area is 93.6 Å². The maximum absolute atomic E-state index is 10.7. The molecule has 5 heteroatoms. The molecule has 0 heterocycles. The Kier molecular flexibility index (Phi) is 4.75. The van der Waals surface area contributed by atoms with E-state index in [4.69, 9.17) is 10.2 Å². The molecule has 0 aliphatic rings. The van der Waals surface area contributed by atoms with Gasteiger partial charge in [-0.25, -0.2) is 0 Å². The molecular formula is C11H14NO4-. The van der Waals surface area contributed by atoms with E-state index in [1.807, 2.05) is 0 Å². The van der Waals surface area contributed by atoms with Gasteiger partial charge in [-0.1, -0.05) is 12.1 Å². The molecule has 0 amide bonds. The zero-order valence-electron chi connectivity index (χ0n) is 8.80. The normalized spacial score (nSPS) is 10.1. The number of rotatable bonds is 6. The van der Waals surface area contributed by atoms with Crippen LogP contribution in [0.25, 0.3) is 0 Å². The van der Waals surface area contributed by atoms with E-state index in [0.717, 1.165) is 0 Å². The van der Waals surface area contributed by atoms with Gasteiger partial charge in [0.05, 0.1) is 19.2 Å². The van der Waals surface area contributed by atoms with Crippen molar-refractivity contribution in [3.8, 4) is 0 Å². The van der Waals surface area contributed by atoms with Crippen molar-refractivity contribution in [1.82, 2.24) is 0 Å². The molecule has 0 fully saturated rings. The first-order valence-corrected chi connectivity index (χ1v) is 4.97. The van der Waals surface area contributed by atoms with Crippen LogP contribution in [-0.4, -0.2) is 42.5 Å².